The number of carboxylic acid groups (broad SMARTS) is 1. The topological polar surface area (TPSA) is 86.7 Å². The summed E-state index contributed by atoms with van der Waals surface area (Å²) >= 11 is 0. The zero-order valence-corrected chi connectivity index (χ0v) is 19.7. The highest BCUT2D eigenvalue weighted by Crippen LogP contribution is 2.53. The van der Waals surface area contributed by atoms with E-state index in [0.29, 0.717) is 49.2 Å². The molecule has 0 spiro atoms. The van der Waals surface area contributed by atoms with Crippen molar-refractivity contribution in [2.24, 2.45) is 23.7 Å². The molecular weight excluding hydrogens is 416 g/mol. The second-order valence-electron chi connectivity index (χ2n) is 9.46. The number of hydrogen-bond acceptors (Lipinski definition) is 3. The zero-order chi connectivity index (χ0) is 23.6. The van der Waals surface area contributed by atoms with Gasteiger partial charge in [-0.1, -0.05) is 30.4 Å². The lowest BCUT2D eigenvalue weighted by atomic mass is 9.77. The van der Waals surface area contributed by atoms with E-state index in [-0.39, 0.29) is 18.2 Å². The first-order valence-corrected chi connectivity index (χ1v) is 12.5. The summed E-state index contributed by atoms with van der Waals surface area (Å²) in [7, 11) is 0. The molecule has 0 heterocycles. The smallest absolute Gasteiger partial charge is 0.303 e. The predicted octanol–water partition coefficient (Wildman–Crippen LogP) is 4.52. The van der Waals surface area contributed by atoms with Crippen LogP contribution in [0.3, 0.4) is 0 Å². The number of amides is 2. The second-order valence-corrected chi connectivity index (χ2v) is 9.46. The quantitative estimate of drug-likeness (QED) is 0.339. The highest BCUT2D eigenvalue weighted by Gasteiger charge is 2.46. The minimum Gasteiger partial charge on any atom is -0.481 e. The van der Waals surface area contributed by atoms with Crippen molar-refractivity contribution in [2.75, 3.05) is 19.6 Å². The van der Waals surface area contributed by atoms with Crippen LogP contribution in [-0.2, 0) is 9.59 Å². The Hall–Kier alpha value is -2.63. The zero-order valence-electron chi connectivity index (χ0n) is 19.7. The third kappa shape index (κ3) is 7.18. The van der Waals surface area contributed by atoms with Gasteiger partial charge in [0.1, 0.15) is 0 Å². The van der Waals surface area contributed by atoms with Crippen molar-refractivity contribution < 1.29 is 19.5 Å². The van der Waals surface area contributed by atoms with E-state index in [9.17, 15) is 14.4 Å². The molecule has 6 nitrogen and oxygen atoms in total. The predicted molar refractivity (Wildman–Crippen MR) is 129 cm³/mol. The number of rotatable bonds is 13. The van der Waals surface area contributed by atoms with Crippen LogP contribution in [0.5, 0.6) is 0 Å². The molecule has 0 aromatic heterocycles. The van der Waals surface area contributed by atoms with E-state index in [2.05, 4.69) is 17.5 Å². The van der Waals surface area contributed by atoms with Gasteiger partial charge < -0.3 is 15.3 Å². The van der Waals surface area contributed by atoms with Crippen LogP contribution in [0.4, 0.5) is 0 Å². The van der Waals surface area contributed by atoms with Gasteiger partial charge in [-0.25, -0.2) is 0 Å². The molecule has 33 heavy (non-hydrogen) atoms. The standard InChI is InChI=1S/C27H38N2O4/c1-2-29(27(33)20-10-6-5-7-11-20)17-16-25(30)28-19-24-22-15-14-21(18-22)23(24)12-8-3-4-9-13-26(31)32/h3,5-8,10-11,21-24H,2,4,9,12-19H2,1H3,(H,28,30)(H,31,32)/b8-3-/t21-,22+,23-,24+/m0/s1. The Morgan fingerprint density at radius 3 is 2.48 bits per heavy atom. The molecule has 4 atom stereocenters. The summed E-state index contributed by atoms with van der Waals surface area (Å²) in [6.45, 7) is 3.66. The maximum atomic E-state index is 12.6. The summed E-state index contributed by atoms with van der Waals surface area (Å²) in [4.78, 5) is 37.6. The van der Waals surface area contributed by atoms with E-state index in [1.54, 1.807) is 17.0 Å². The molecule has 2 amide bonds. The van der Waals surface area contributed by atoms with Crippen molar-refractivity contribution in [3.8, 4) is 0 Å². The molecule has 180 valence electrons. The lowest BCUT2D eigenvalue weighted by molar-refractivity contribution is -0.137. The molecule has 1 aromatic carbocycles. The molecule has 0 unspecified atom stereocenters. The summed E-state index contributed by atoms with van der Waals surface area (Å²) in [6, 6.07) is 9.20. The van der Waals surface area contributed by atoms with Crippen LogP contribution in [0.25, 0.3) is 0 Å². The molecule has 1 aromatic rings. The molecule has 2 aliphatic rings. The Bertz CT molecular complexity index is 823. The molecule has 2 saturated carbocycles. The Kier molecular flexibility index (Phi) is 9.52. The number of nitrogens with zero attached hydrogens (tertiary/aromatic N) is 1. The number of allylic oxidation sites excluding steroid dienone is 2. The monoisotopic (exact) mass is 454 g/mol. The van der Waals surface area contributed by atoms with Crippen LogP contribution in [0.1, 0.15) is 68.6 Å². The van der Waals surface area contributed by atoms with Crippen molar-refractivity contribution in [1.29, 1.82) is 0 Å². The number of aliphatic carboxylic acids is 1. The number of carboxylic acids is 1. The van der Waals surface area contributed by atoms with E-state index >= 15 is 0 Å². The van der Waals surface area contributed by atoms with Crippen molar-refractivity contribution in [2.45, 2.75) is 58.3 Å². The van der Waals surface area contributed by atoms with Gasteiger partial charge in [-0.3, -0.25) is 14.4 Å². The Labute approximate surface area is 197 Å². The van der Waals surface area contributed by atoms with Crippen LogP contribution in [0.2, 0.25) is 0 Å². The molecule has 0 saturated heterocycles. The number of benzene rings is 1. The number of carbonyl (C=O) groups is 3. The van der Waals surface area contributed by atoms with Crippen LogP contribution in [0, 0.1) is 23.7 Å². The third-order valence-electron chi connectivity index (χ3n) is 7.44. The van der Waals surface area contributed by atoms with Crippen LogP contribution in [-0.4, -0.2) is 47.4 Å². The maximum absolute atomic E-state index is 12.6. The fourth-order valence-corrected chi connectivity index (χ4v) is 5.68. The van der Waals surface area contributed by atoms with Crippen molar-refractivity contribution in [3.63, 3.8) is 0 Å². The van der Waals surface area contributed by atoms with Crippen LogP contribution >= 0.6 is 0 Å². The van der Waals surface area contributed by atoms with Gasteiger partial charge in [-0.05, 0) is 81.3 Å². The van der Waals surface area contributed by atoms with E-state index in [1.165, 1.54) is 19.3 Å². The number of carbonyl (C=O) groups excluding carboxylic acids is 2. The lowest BCUT2D eigenvalue weighted by Crippen LogP contribution is -2.38. The molecule has 3 rings (SSSR count). The minimum atomic E-state index is -0.737. The first-order valence-electron chi connectivity index (χ1n) is 12.5. The SMILES string of the molecule is CCN(CCC(=O)NC[C@@H]1[C@@H]2CC[C@@H](C2)[C@@H]1C/C=C\CCCC(=O)O)C(=O)c1ccccc1. The van der Waals surface area contributed by atoms with Crippen molar-refractivity contribution >= 4 is 17.8 Å². The summed E-state index contributed by atoms with van der Waals surface area (Å²) in [5.74, 6) is 1.82. The number of unbranched alkanes of at least 4 members (excludes halogenated alkanes) is 1. The molecule has 2 fully saturated rings. The van der Waals surface area contributed by atoms with Crippen molar-refractivity contribution in [3.05, 3.63) is 48.0 Å². The minimum absolute atomic E-state index is 0.0139. The Balaban J connectivity index is 1.42. The molecule has 2 N–H and O–H groups in total. The first kappa shape index (κ1) is 25.0. The van der Waals surface area contributed by atoms with Gasteiger partial charge in [0.15, 0.2) is 0 Å². The average molecular weight is 455 g/mol. The summed E-state index contributed by atoms with van der Waals surface area (Å²) in [6.07, 6.45) is 11.2. The second kappa shape index (κ2) is 12.6. The Morgan fingerprint density at radius 2 is 1.79 bits per heavy atom. The van der Waals surface area contributed by atoms with Gasteiger partial charge in [0.05, 0.1) is 0 Å². The maximum Gasteiger partial charge on any atom is 0.303 e. The van der Waals surface area contributed by atoms with E-state index in [4.69, 9.17) is 5.11 Å². The number of hydrogen-bond donors (Lipinski definition) is 2. The largest absolute Gasteiger partial charge is 0.481 e. The van der Waals surface area contributed by atoms with E-state index in [1.807, 2.05) is 25.1 Å². The highest BCUT2D eigenvalue weighted by atomic mass is 16.4. The number of nitrogens with one attached hydrogen (secondary N) is 1. The van der Waals surface area contributed by atoms with Crippen molar-refractivity contribution in [1.82, 2.24) is 10.2 Å². The normalized spacial score (nSPS) is 23.7. The van der Waals surface area contributed by atoms with Gasteiger partial charge in [0, 0.05) is 38.0 Å². The molecular formula is C27H38N2O4. The molecule has 0 radical (unpaired) electrons. The average Bonchev–Trinajstić information content (AvgIpc) is 3.42. The highest BCUT2D eigenvalue weighted by molar-refractivity contribution is 5.94. The summed E-state index contributed by atoms with van der Waals surface area (Å²) in [5, 5.41) is 11.9. The van der Waals surface area contributed by atoms with Crippen LogP contribution in [0.15, 0.2) is 42.5 Å². The summed E-state index contributed by atoms with van der Waals surface area (Å²) in [5.41, 5.74) is 0.653. The lowest BCUT2D eigenvalue weighted by Gasteiger charge is -2.30. The van der Waals surface area contributed by atoms with Gasteiger partial charge >= 0.3 is 5.97 Å². The van der Waals surface area contributed by atoms with Crippen LogP contribution < -0.4 is 5.32 Å². The van der Waals surface area contributed by atoms with Gasteiger partial charge in [-0.2, -0.15) is 0 Å². The fraction of sp³-hybridized carbons (Fsp3) is 0.593. The first-order chi connectivity index (χ1) is 16.0. The summed E-state index contributed by atoms with van der Waals surface area (Å²) < 4.78 is 0. The van der Waals surface area contributed by atoms with E-state index < -0.39 is 5.97 Å². The molecule has 6 heteroatoms. The number of fused-ring (bicyclic) bond motifs is 2. The van der Waals surface area contributed by atoms with Gasteiger partial charge in [0.25, 0.3) is 5.91 Å². The molecule has 2 bridgehead atoms. The third-order valence-corrected chi connectivity index (χ3v) is 7.44. The Morgan fingerprint density at radius 1 is 1.06 bits per heavy atom. The van der Waals surface area contributed by atoms with E-state index in [0.717, 1.165) is 25.3 Å². The van der Waals surface area contributed by atoms with Gasteiger partial charge in [-0.15, -0.1) is 0 Å². The van der Waals surface area contributed by atoms with Gasteiger partial charge in [0.2, 0.25) is 5.91 Å². The molecule has 0 aliphatic heterocycles. The molecule has 2 aliphatic carbocycles. The fourth-order valence-electron chi connectivity index (χ4n) is 5.68.